The number of likely N-dealkylation sites (tertiary alicyclic amines) is 1. The molecule has 2 aromatic heterocycles. The molecule has 35 heavy (non-hydrogen) atoms. The fraction of sp³-hybridized carbons (Fsp3) is 0.185. The van der Waals surface area contributed by atoms with Crippen molar-refractivity contribution in [2.75, 3.05) is 18.4 Å². The Morgan fingerprint density at radius 1 is 1.11 bits per heavy atom. The smallest absolute Gasteiger partial charge is 0.257 e. The molecule has 1 saturated heterocycles. The van der Waals surface area contributed by atoms with E-state index >= 15 is 0 Å². The lowest BCUT2D eigenvalue weighted by Crippen LogP contribution is -2.44. The van der Waals surface area contributed by atoms with Gasteiger partial charge in [-0.2, -0.15) is 0 Å². The number of carbonyl (C=O) groups excluding carboxylic acids is 1. The van der Waals surface area contributed by atoms with Gasteiger partial charge in [-0.3, -0.25) is 9.59 Å². The van der Waals surface area contributed by atoms with E-state index in [9.17, 15) is 9.59 Å². The zero-order chi connectivity index (χ0) is 24.2. The van der Waals surface area contributed by atoms with Gasteiger partial charge in [-0.05, 0) is 54.8 Å². The first-order valence-electron chi connectivity index (χ1n) is 11.5. The van der Waals surface area contributed by atoms with Gasteiger partial charge < -0.3 is 19.9 Å². The SMILES string of the molecule is C=CC(=O)N1CCCC(Nc2ncnc3[nH]c(=O)c(-c4ccc(Oc5ccccc5)cc4)cc23)C1. The lowest BCUT2D eigenvalue weighted by Gasteiger charge is -2.33. The number of pyridine rings is 1. The molecule has 5 rings (SSSR count). The molecule has 2 N–H and O–H groups in total. The van der Waals surface area contributed by atoms with Crippen LogP contribution in [0.2, 0.25) is 0 Å². The number of benzene rings is 2. The van der Waals surface area contributed by atoms with Crippen LogP contribution in [-0.4, -0.2) is 44.9 Å². The number of aromatic amines is 1. The lowest BCUT2D eigenvalue weighted by molar-refractivity contribution is -0.127. The van der Waals surface area contributed by atoms with E-state index in [1.165, 1.54) is 12.4 Å². The number of nitrogens with one attached hydrogen (secondary N) is 2. The van der Waals surface area contributed by atoms with Gasteiger partial charge >= 0.3 is 0 Å². The van der Waals surface area contributed by atoms with Gasteiger partial charge in [0.2, 0.25) is 5.91 Å². The van der Waals surface area contributed by atoms with Gasteiger partial charge in [-0.25, -0.2) is 9.97 Å². The van der Waals surface area contributed by atoms with Gasteiger partial charge in [0, 0.05) is 24.7 Å². The molecule has 1 unspecified atom stereocenters. The number of anilines is 1. The maximum Gasteiger partial charge on any atom is 0.257 e. The molecule has 8 nitrogen and oxygen atoms in total. The third-order valence-electron chi connectivity index (χ3n) is 6.04. The van der Waals surface area contributed by atoms with Crippen LogP contribution in [0.15, 0.2) is 84.4 Å². The summed E-state index contributed by atoms with van der Waals surface area (Å²) < 4.78 is 5.86. The van der Waals surface area contributed by atoms with E-state index in [-0.39, 0.29) is 17.5 Å². The van der Waals surface area contributed by atoms with Gasteiger partial charge in [-0.1, -0.05) is 36.9 Å². The van der Waals surface area contributed by atoms with Gasteiger partial charge in [0.25, 0.3) is 5.56 Å². The van der Waals surface area contributed by atoms with Gasteiger partial charge in [-0.15, -0.1) is 0 Å². The predicted octanol–water partition coefficient (Wildman–Crippen LogP) is 4.37. The predicted molar refractivity (Wildman–Crippen MR) is 136 cm³/mol. The number of piperidine rings is 1. The molecule has 1 atom stereocenters. The van der Waals surface area contributed by atoms with Crippen LogP contribution >= 0.6 is 0 Å². The number of amides is 1. The number of H-pyrrole nitrogens is 1. The summed E-state index contributed by atoms with van der Waals surface area (Å²) in [5, 5.41) is 4.15. The highest BCUT2D eigenvalue weighted by atomic mass is 16.5. The normalized spacial score (nSPS) is 15.5. The van der Waals surface area contributed by atoms with Crippen LogP contribution in [-0.2, 0) is 4.79 Å². The van der Waals surface area contributed by atoms with Gasteiger partial charge in [0.15, 0.2) is 0 Å². The van der Waals surface area contributed by atoms with Crippen molar-refractivity contribution in [1.82, 2.24) is 19.9 Å². The average molecular weight is 468 g/mol. The number of aromatic nitrogens is 3. The quantitative estimate of drug-likeness (QED) is 0.409. The number of hydrogen-bond donors (Lipinski definition) is 2. The third kappa shape index (κ3) is 4.91. The summed E-state index contributed by atoms with van der Waals surface area (Å²) in [6.45, 7) is 4.87. The van der Waals surface area contributed by atoms with E-state index in [0.29, 0.717) is 34.7 Å². The number of hydrogen-bond acceptors (Lipinski definition) is 6. The monoisotopic (exact) mass is 467 g/mol. The molecule has 4 aromatic rings. The Labute approximate surface area is 202 Å². The largest absolute Gasteiger partial charge is 0.457 e. The standard InChI is InChI=1S/C27H25N5O3/c1-2-24(33)32-14-6-7-19(16-32)30-25-23-15-22(27(34)31-26(23)29-17-28-25)18-10-12-21(13-11-18)35-20-8-4-3-5-9-20/h2-5,8-13,15,17,19H,1,6-7,14,16H2,(H2,28,29,30,31,34). The minimum Gasteiger partial charge on any atom is -0.457 e. The van der Waals surface area contributed by atoms with Crippen molar-refractivity contribution in [3.63, 3.8) is 0 Å². The van der Waals surface area contributed by atoms with Crippen LogP contribution in [0.5, 0.6) is 11.5 Å². The molecule has 1 aliphatic heterocycles. The molecule has 0 radical (unpaired) electrons. The Hall–Kier alpha value is -4.46. The Morgan fingerprint density at radius 2 is 1.89 bits per heavy atom. The molecule has 176 valence electrons. The van der Waals surface area contributed by atoms with Crippen molar-refractivity contribution in [3.8, 4) is 22.6 Å². The topological polar surface area (TPSA) is 100 Å². The second-order valence-electron chi connectivity index (χ2n) is 8.41. The van der Waals surface area contributed by atoms with Crippen LogP contribution in [0.4, 0.5) is 5.82 Å². The highest BCUT2D eigenvalue weighted by molar-refractivity contribution is 5.90. The van der Waals surface area contributed by atoms with E-state index < -0.39 is 0 Å². The molecular weight excluding hydrogens is 442 g/mol. The van der Waals surface area contributed by atoms with Gasteiger partial charge in [0.1, 0.15) is 29.3 Å². The molecule has 0 saturated carbocycles. The minimum absolute atomic E-state index is 0.0375. The van der Waals surface area contributed by atoms with E-state index in [1.54, 1.807) is 11.0 Å². The molecule has 2 aromatic carbocycles. The third-order valence-corrected chi connectivity index (χ3v) is 6.04. The molecule has 1 aliphatic rings. The summed E-state index contributed by atoms with van der Waals surface area (Å²) in [7, 11) is 0. The van der Waals surface area contributed by atoms with Crippen molar-refractivity contribution in [1.29, 1.82) is 0 Å². The first kappa shape index (κ1) is 22.3. The summed E-state index contributed by atoms with van der Waals surface area (Å²) in [5.41, 5.74) is 1.48. The second kappa shape index (κ2) is 9.80. The Morgan fingerprint density at radius 3 is 2.66 bits per heavy atom. The number of nitrogens with zero attached hydrogens (tertiary/aromatic N) is 3. The Bertz CT molecular complexity index is 1420. The summed E-state index contributed by atoms with van der Waals surface area (Å²) >= 11 is 0. The first-order chi connectivity index (χ1) is 17.1. The van der Waals surface area contributed by atoms with Crippen LogP contribution in [0.1, 0.15) is 12.8 Å². The maximum atomic E-state index is 12.8. The van der Waals surface area contributed by atoms with E-state index in [1.807, 2.05) is 54.6 Å². The maximum absolute atomic E-state index is 12.8. The van der Waals surface area contributed by atoms with Crippen molar-refractivity contribution in [3.05, 3.63) is 90.0 Å². The number of fused-ring (bicyclic) bond motifs is 1. The van der Waals surface area contributed by atoms with Crippen molar-refractivity contribution in [2.45, 2.75) is 18.9 Å². The fourth-order valence-corrected chi connectivity index (χ4v) is 4.29. The summed E-state index contributed by atoms with van der Waals surface area (Å²) in [5.74, 6) is 1.97. The van der Waals surface area contributed by atoms with E-state index in [0.717, 1.165) is 30.7 Å². The van der Waals surface area contributed by atoms with Crippen LogP contribution in [0.3, 0.4) is 0 Å². The van der Waals surface area contributed by atoms with Crippen molar-refractivity contribution < 1.29 is 9.53 Å². The van der Waals surface area contributed by atoms with E-state index in [2.05, 4.69) is 26.8 Å². The number of rotatable bonds is 6. The van der Waals surface area contributed by atoms with Crippen LogP contribution < -0.4 is 15.6 Å². The molecule has 1 fully saturated rings. The highest BCUT2D eigenvalue weighted by Crippen LogP contribution is 2.27. The fourth-order valence-electron chi connectivity index (χ4n) is 4.29. The Kier molecular flexibility index (Phi) is 6.26. The highest BCUT2D eigenvalue weighted by Gasteiger charge is 2.23. The van der Waals surface area contributed by atoms with Crippen molar-refractivity contribution >= 4 is 22.8 Å². The van der Waals surface area contributed by atoms with E-state index in [4.69, 9.17) is 4.74 Å². The zero-order valence-electron chi connectivity index (χ0n) is 19.1. The van der Waals surface area contributed by atoms with Crippen LogP contribution in [0.25, 0.3) is 22.2 Å². The van der Waals surface area contributed by atoms with Gasteiger partial charge in [0.05, 0.1) is 5.39 Å². The summed E-state index contributed by atoms with van der Waals surface area (Å²) in [6, 6.07) is 18.7. The lowest BCUT2D eigenvalue weighted by atomic mass is 10.0. The summed E-state index contributed by atoms with van der Waals surface area (Å²) in [6.07, 6.45) is 4.56. The summed E-state index contributed by atoms with van der Waals surface area (Å²) in [4.78, 5) is 38.2. The molecule has 1 amide bonds. The Balaban J connectivity index is 1.42. The molecule has 0 spiro atoms. The van der Waals surface area contributed by atoms with Crippen molar-refractivity contribution in [2.24, 2.45) is 0 Å². The first-order valence-corrected chi connectivity index (χ1v) is 11.5. The number of ether oxygens (including phenoxy) is 1. The number of para-hydroxylation sites is 1. The zero-order valence-corrected chi connectivity index (χ0v) is 19.1. The molecule has 8 heteroatoms. The number of carbonyl (C=O) groups is 1. The molecule has 0 aliphatic carbocycles. The molecular formula is C27H25N5O3. The molecule has 0 bridgehead atoms. The minimum atomic E-state index is -0.237. The molecule has 3 heterocycles. The second-order valence-corrected chi connectivity index (χ2v) is 8.41. The average Bonchev–Trinajstić information content (AvgIpc) is 2.89. The van der Waals surface area contributed by atoms with Crippen LogP contribution in [0, 0.1) is 0 Å².